The van der Waals surface area contributed by atoms with Crippen molar-refractivity contribution in [3.8, 4) is 0 Å². The number of carbonyl (C=O) groups excluding carboxylic acids is 2. The van der Waals surface area contributed by atoms with E-state index >= 15 is 0 Å². The van der Waals surface area contributed by atoms with Gasteiger partial charge in [0.1, 0.15) is 12.6 Å². The van der Waals surface area contributed by atoms with E-state index in [1.165, 1.54) is 29.5 Å². The molecule has 1 saturated carbocycles. The van der Waals surface area contributed by atoms with Crippen LogP contribution in [0.5, 0.6) is 0 Å². The van der Waals surface area contributed by atoms with E-state index in [-0.39, 0.29) is 25.3 Å². The Labute approximate surface area is 249 Å². The third-order valence-corrected chi connectivity index (χ3v) is 10.4. The predicted molar refractivity (Wildman–Crippen MR) is 145 cm³/mol. The van der Waals surface area contributed by atoms with E-state index < -0.39 is 68.5 Å². The molecule has 8 nitrogen and oxygen atoms in total. The van der Waals surface area contributed by atoms with Gasteiger partial charge in [0.25, 0.3) is 0 Å². The number of fused-ring (bicyclic) bond motifs is 1. The van der Waals surface area contributed by atoms with E-state index in [1.807, 2.05) is 6.07 Å². The van der Waals surface area contributed by atoms with Gasteiger partial charge in [0, 0.05) is 24.0 Å². The Morgan fingerprint density at radius 2 is 1.61 bits per heavy atom. The number of carbonyl (C=O) groups is 2. The number of nitrogens with zero attached hydrogens (tertiary/aromatic N) is 3. The van der Waals surface area contributed by atoms with Crippen LogP contribution in [0.25, 0.3) is 0 Å². The summed E-state index contributed by atoms with van der Waals surface area (Å²) >= 11 is 0. The van der Waals surface area contributed by atoms with E-state index in [4.69, 9.17) is 4.74 Å². The summed E-state index contributed by atoms with van der Waals surface area (Å²) in [5.41, 5.74) is 2.59. The lowest BCUT2D eigenvalue weighted by atomic mass is 9.85. The molecule has 0 N–H and O–H groups in total. The Hall–Kier alpha value is -3.91. The lowest BCUT2D eigenvalue weighted by molar-refractivity contribution is -0.125. The predicted octanol–water partition coefficient (Wildman–Crippen LogP) is 5.49. The van der Waals surface area contributed by atoms with Gasteiger partial charge in [-0.05, 0) is 55.0 Å². The molecular formula is C30H26F5N3O5S. The lowest BCUT2D eigenvalue weighted by Gasteiger charge is -2.41. The Bertz CT molecular complexity index is 1730. The Morgan fingerprint density at radius 3 is 2.23 bits per heavy atom. The Balaban J connectivity index is 1.33. The minimum absolute atomic E-state index is 0.0391. The van der Waals surface area contributed by atoms with E-state index in [1.54, 1.807) is 12.3 Å². The second kappa shape index (κ2) is 11.5. The summed E-state index contributed by atoms with van der Waals surface area (Å²) in [7, 11) is -5.33. The quantitative estimate of drug-likeness (QED) is 0.148. The van der Waals surface area contributed by atoms with Gasteiger partial charge in [-0.3, -0.25) is 9.78 Å². The van der Waals surface area contributed by atoms with Gasteiger partial charge >= 0.3 is 5.97 Å². The van der Waals surface area contributed by atoms with Crippen LogP contribution >= 0.6 is 0 Å². The molecule has 2 aliphatic heterocycles. The Kier molecular flexibility index (Phi) is 7.91. The first-order valence-corrected chi connectivity index (χ1v) is 15.5. The first-order valence-electron chi connectivity index (χ1n) is 14.1. The standard InChI is InChI=1S/C30H26F5N3O5S/c31-23-24(32)26(34)28(27(35)25(23)33)44(41,42)38-11-10-22(38)29(39)37(20-8-9-21-18(12-20)15-43-30(21)40)14-19-7-6-17(13-36-19)16-4-2-1-3-5-16/h6-9,12-13,16,22H,1-5,10-11,14-15H2. The zero-order valence-electron chi connectivity index (χ0n) is 23.2. The first-order chi connectivity index (χ1) is 21.0. The highest BCUT2D eigenvalue weighted by Gasteiger charge is 2.48. The number of anilines is 1. The van der Waals surface area contributed by atoms with Crippen LogP contribution in [-0.2, 0) is 32.7 Å². The van der Waals surface area contributed by atoms with Crippen molar-refractivity contribution >= 4 is 27.6 Å². The lowest BCUT2D eigenvalue weighted by Crippen LogP contribution is -2.59. The van der Waals surface area contributed by atoms with E-state index in [0.29, 0.717) is 27.0 Å². The van der Waals surface area contributed by atoms with Gasteiger partial charge in [-0.15, -0.1) is 0 Å². The van der Waals surface area contributed by atoms with Gasteiger partial charge in [0.15, 0.2) is 28.2 Å². The topological polar surface area (TPSA) is 96.9 Å². The van der Waals surface area contributed by atoms with Crippen molar-refractivity contribution < 1.29 is 44.7 Å². The number of esters is 1. The summed E-state index contributed by atoms with van der Waals surface area (Å²) in [5.74, 6) is -13.3. The van der Waals surface area contributed by atoms with Gasteiger partial charge in [-0.2, -0.15) is 4.31 Å². The summed E-state index contributed by atoms with van der Waals surface area (Å²) in [5, 5.41) is 0. The van der Waals surface area contributed by atoms with Crippen LogP contribution in [0.3, 0.4) is 0 Å². The summed E-state index contributed by atoms with van der Waals surface area (Å²) in [6.07, 6.45) is 7.22. The highest BCUT2D eigenvalue weighted by atomic mass is 32.2. The maximum atomic E-state index is 14.5. The molecule has 3 aromatic rings. The number of hydrogen-bond donors (Lipinski definition) is 0. The van der Waals surface area contributed by atoms with Gasteiger partial charge in [-0.25, -0.2) is 35.2 Å². The molecule has 3 heterocycles. The van der Waals surface area contributed by atoms with Crippen molar-refractivity contribution in [1.29, 1.82) is 0 Å². The van der Waals surface area contributed by atoms with Crippen molar-refractivity contribution in [2.45, 2.75) is 68.5 Å². The first kappa shape index (κ1) is 30.1. The van der Waals surface area contributed by atoms with Crippen LogP contribution in [0, 0.1) is 29.1 Å². The molecule has 6 rings (SSSR count). The molecule has 1 aliphatic carbocycles. The van der Waals surface area contributed by atoms with Crippen LogP contribution in [-0.4, -0.2) is 42.2 Å². The zero-order valence-corrected chi connectivity index (χ0v) is 24.0. The number of ether oxygens (including phenoxy) is 1. The number of benzene rings is 2. The fourth-order valence-electron chi connectivity index (χ4n) is 5.96. The van der Waals surface area contributed by atoms with Crippen LogP contribution < -0.4 is 4.90 Å². The third-order valence-electron chi connectivity index (χ3n) is 8.48. The molecule has 2 fully saturated rings. The molecule has 0 bridgehead atoms. The number of pyridine rings is 1. The fourth-order valence-corrected chi connectivity index (χ4v) is 7.70. The van der Waals surface area contributed by atoms with Crippen molar-refractivity contribution in [2.75, 3.05) is 11.4 Å². The molecule has 1 saturated heterocycles. The minimum Gasteiger partial charge on any atom is -0.457 e. The molecule has 2 aromatic carbocycles. The summed E-state index contributed by atoms with van der Waals surface area (Å²) in [6, 6.07) is 6.65. The second-order valence-corrected chi connectivity index (χ2v) is 12.9. The van der Waals surface area contributed by atoms with Crippen LogP contribution in [0.15, 0.2) is 41.4 Å². The number of aromatic nitrogens is 1. The molecule has 1 atom stereocenters. The molecule has 1 aromatic heterocycles. The van der Waals surface area contributed by atoms with Crippen molar-refractivity contribution in [2.24, 2.45) is 0 Å². The monoisotopic (exact) mass is 635 g/mol. The van der Waals surface area contributed by atoms with Gasteiger partial charge < -0.3 is 9.64 Å². The van der Waals surface area contributed by atoms with E-state index in [0.717, 1.165) is 31.2 Å². The van der Waals surface area contributed by atoms with Crippen molar-refractivity contribution in [3.05, 3.63) is 88.0 Å². The number of rotatable bonds is 7. The zero-order chi connectivity index (χ0) is 31.3. The summed E-state index contributed by atoms with van der Waals surface area (Å²) in [6.45, 7) is -0.570. The van der Waals surface area contributed by atoms with E-state index in [9.17, 15) is 40.0 Å². The molecule has 0 spiro atoms. The van der Waals surface area contributed by atoms with E-state index in [2.05, 4.69) is 4.98 Å². The maximum absolute atomic E-state index is 14.5. The highest BCUT2D eigenvalue weighted by molar-refractivity contribution is 7.89. The van der Waals surface area contributed by atoms with Gasteiger partial charge in [-0.1, -0.05) is 25.3 Å². The van der Waals surface area contributed by atoms with Gasteiger partial charge in [0.2, 0.25) is 21.7 Å². The number of halogens is 5. The Morgan fingerprint density at radius 1 is 0.932 bits per heavy atom. The maximum Gasteiger partial charge on any atom is 0.338 e. The number of sulfonamides is 1. The minimum atomic E-state index is -5.33. The molecular weight excluding hydrogens is 609 g/mol. The van der Waals surface area contributed by atoms with Crippen LogP contribution in [0.4, 0.5) is 27.6 Å². The average Bonchev–Trinajstić information content (AvgIpc) is 3.37. The molecule has 1 unspecified atom stereocenters. The average molecular weight is 636 g/mol. The summed E-state index contributed by atoms with van der Waals surface area (Å²) < 4.78 is 102. The largest absolute Gasteiger partial charge is 0.457 e. The summed E-state index contributed by atoms with van der Waals surface area (Å²) in [4.78, 5) is 29.7. The molecule has 1 amide bonds. The SMILES string of the molecule is O=C1OCc2cc(N(Cc3ccc(C4CCCCC4)cn3)C(=O)C3CCN3S(=O)(=O)c3c(F)c(F)c(F)c(F)c3F)ccc21. The number of amides is 1. The normalized spacial score (nSPS) is 18.9. The molecule has 44 heavy (non-hydrogen) atoms. The van der Waals surface area contributed by atoms with Crippen LogP contribution in [0.2, 0.25) is 0 Å². The third kappa shape index (κ3) is 5.13. The van der Waals surface area contributed by atoms with Crippen molar-refractivity contribution in [1.82, 2.24) is 9.29 Å². The molecule has 232 valence electrons. The molecule has 14 heteroatoms. The van der Waals surface area contributed by atoms with Gasteiger partial charge in [0.05, 0.1) is 17.8 Å². The smallest absolute Gasteiger partial charge is 0.338 e. The number of hydrogen-bond acceptors (Lipinski definition) is 6. The fraction of sp³-hybridized carbons (Fsp3) is 0.367. The van der Waals surface area contributed by atoms with Crippen LogP contribution in [0.1, 0.15) is 71.6 Å². The highest BCUT2D eigenvalue weighted by Crippen LogP contribution is 2.36. The second-order valence-electron chi connectivity index (χ2n) is 11.1. The molecule has 0 radical (unpaired) electrons. The molecule has 3 aliphatic rings. The van der Waals surface area contributed by atoms with Crippen molar-refractivity contribution in [3.63, 3.8) is 0 Å². The number of cyclic esters (lactones) is 1.